The molecule has 0 aliphatic carbocycles. The van der Waals surface area contributed by atoms with E-state index in [-0.39, 0.29) is 41.2 Å². The van der Waals surface area contributed by atoms with Crippen molar-refractivity contribution in [2.75, 3.05) is 18.4 Å². The number of nitrogens with zero attached hydrogens (tertiary/aromatic N) is 2. The van der Waals surface area contributed by atoms with E-state index in [1.165, 1.54) is 6.07 Å². The van der Waals surface area contributed by atoms with Crippen LogP contribution in [-0.4, -0.2) is 64.1 Å². The maximum atomic E-state index is 14.8. The smallest absolute Gasteiger partial charge is 0.262 e. The highest BCUT2D eigenvalue weighted by Crippen LogP contribution is 2.32. The van der Waals surface area contributed by atoms with E-state index in [0.717, 1.165) is 36.9 Å². The van der Waals surface area contributed by atoms with Gasteiger partial charge in [0.25, 0.3) is 11.8 Å². The summed E-state index contributed by atoms with van der Waals surface area (Å²) in [5.41, 5.74) is 0.187. The van der Waals surface area contributed by atoms with Gasteiger partial charge in [-0.2, -0.15) is 0 Å². The minimum atomic E-state index is -1.07. The molecule has 3 aliphatic rings. The molecule has 4 rings (SSSR count). The highest BCUT2D eigenvalue weighted by atomic mass is 19.1. The van der Waals surface area contributed by atoms with Crippen molar-refractivity contribution in [3.8, 4) is 0 Å². The van der Waals surface area contributed by atoms with Gasteiger partial charge in [-0.25, -0.2) is 4.39 Å². The maximum absolute atomic E-state index is 14.8. The average Bonchev–Trinajstić information content (AvgIpc) is 2.92. The normalized spacial score (nSPS) is 25.0. The van der Waals surface area contributed by atoms with Gasteiger partial charge in [0.2, 0.25) is 11.8 Å². The van der Waals surface area contributed by atoms with Crippen molar-refractivity contribution in [1.29, 1.82) is 0 Å². The fraction of sp³-hybridized carbons (Fsp3) is 0.545. The molecule has 2 atom stereocenters. The summed E-state index contributed by atoms with van der Waals surface area (Å²) in [6.07, 6.45) is 1.95. The maximum Gasteiger partial charge on any atom is 0.262 e. The summed E-state index contributed by atoms with van der Waals surface area (Å²) >= 11 is 0. The third-order valence-corrected chi connectivity index (χ3v) is 6.26. The third-order valence-electron chi connectivity index (χ3n) is 6.26. The summed E-state index contributed by atoms with van der Waals surface area (Å²) in [4.78, 5) is 52.5. The van der Waals surface area contributed by atoms with E-state index < -0.39 is 35.5 Å². The zero-order chi connectivity index (χ0) is 22.5. The van der Waals surface area contributed by atoms with Crippen LogP contribution in [-0.2, 0) is 9.59 Å². The highest BCUT2D eigenvalue weighted by Gasteiger charge is 2.45. The summed E-state index contributed by atoms with van der Waals surface area (Å²) in [6.45, 7) is 8.13. The fourth-order valence-electron chi connectivity index (χ4n) is 4.53. The lowest BCUT2D eigenvalue weighted by molar-refractivity contribution is -0.136. The molecule has 2 N–H and O–H groups in total. The van der Waals surface area contributed by atoms with Gasteiger partial charge in [-0.15, -0.1) is 0 Å². The Kier molecular flexibility index (Phi) is 5.33. The Morgan fingerprint density at radius 1 is 1.06 bits per heavy atom. The number of hydrogen-bond donors (Lipinski definition) is 2. The monoisotopic (exact) mass is 430 g/mol. The topological polar surface area (TPSA) is 98.8 Å². The molecule has 3 aliphatic heterocycles. The van der Waals surface area contributed by atoms with Crippen LogP contribution in [0.2, 0.25) is 0 Å². The molecular formula is C22H27FN4O4. The van der Waals surface area contributed by atoms with Crippen LogP contribution in [0.1, 0.15) is 67.2 Å². The molecule has 0 aromatic heterocycles. The second-order valence-corrected chi connectivity index (χ2v) is 9.43. The minimum absolute atomic E-state index is 0.00166. The van der Waals surface area contributed by atoms with Crippen LogP contribution in [0.15, 0.2) is 12.1 Å². The Labute approximate surface area is 180 Å². The van der Waals surface area contributed by atoms with Gasteiger partial charge in [-0.1, -0.05) is 0 Å². The molecule has 0 radical (unpaired) electrons. The van der Waals surface area contributed by atoms with Crippen molar-refractivity contribution in [1.82, 2.24) is 15.1 Å². The number of anilines is 1. The van der Waals surface area contributed by atoms with E-state index in [9.17, 15) is 23.6 Å². The molecule has 0 saturated carbocycles. The predicted octanol–water partition coefficient (Wildman–Crippen LogP) is 1.90. The number of carbonyl (C=O) groups excluding carboxylic acids is 4. The van der Waals surface area contributed by atoms with E-state index in [1.807, 2.05) is 0 Å². The second kappa shape index (κ2) is 7.71. The van der Waals surface area contributed by atoms with E-state index in [1.54, 1.807) is 0 Å². The first-order chi connectivity index (χ1) is 14.6. The largest absolute Gasteiger partial charge is 0.379 e. The van der Waals surface area contributed by atoms with Crippen LogP contribution in [0.3, 0.4) is 0 Å². The molecule has 0 bridgehead atoms. The Hall–Kier alpha value is -2.81. The Balaban J connectivity index is 1.56. The van der Waals surface area contributed by atoms with Crippen LogP contribution in [0.5, 0.6) is 0 Å². The number of rotatable bonds is 3. The summed E-state index contributed by atoms with van der Waals surface area (Å²) in [7, 11) is 0. The SMILES string of the molecule is CC(C)(C)N1CCC[C@H](Nc2cc3c(cc2F)C(=O)N([C@H]2CCC(=O)NC2=O)C3=O)C1. The summed E-state index contributed by atoms with van der Waals surface area (Å²) in [5, 5.41) is 5.35. The standard InChI is InChI=1S/C22H27FN4O4/c1-22(2,3)26-8-4-5-12(11-26)24-16-10-14-13(9-15(16)23)20(30)27(21(14)31)17-6-7-18(28)25-19(17)29/h9-10,12,17,24H,4-8,11H2,1-3H3,(H,25,28,29)/t12-,17-/m0/s1. The molecule has 2 saturated heterocycles. The number of hydrogen-bond acceptors (Lipinski definition) is 6. The molecule has 8 nitrogen and oxygen atoms in total. The van der Waals surface area contributed by atoms with Crippen LogP contribution in [0.25, 0.3) is 0 Å². The number of nitrogens with one attached hydrogen (secondary N) is 2. The first-order valence-electron chi connectivity index (χ1n) is 10.6. The van der Waals surface area contributed by atoms with Gasteiger partial charge < -0.3 is 5.32 Å². The number of halogens is 1. The molecule has 3 heterocycles. The lowest BCUT2D eigenvalue weighted by Crippen LogP contribution is -2.54. The third kappa shape index (κ3) is 3.94. The van der Waals surface area contributed by atoms with E-state index in [4.69, 9.17) is 0 Å². The average molecular weight is 430 g/mol. The molecule has 1 aromatic carbocycles. The van der Waals surface area contributed by atoms with Gasteiger partial charge in [-0.3, -0.25) is 34.3 Å². The van der Waals surface area contributed by atoms with Gasteiger partial charge in [0.15, 0.2) is 0 Å². The van der Waals surface area contributed by atoms with Crippen LogP contribution >= 0.6 is 0 Å². The zero-order valence-electron chi connectivity index (χ0n) is 18.0. The van der Waals surface area contributed by atoms with Crippen molar-refractivity contribution in [2.45, 2.75) is 64.1 Å². The van der Waals surface area contributed by atoms with Gasteiger partial charge in [0.05, 0.1) is 16.8 Å². The van der Waals surface area contributed by atoms with Crippen LogP contribution in [0.4, 0.5) is 10.1 Å². The molecule has 31 heavy (non-hydrogen) atoms. The summed E-state index contributed by atoms with van der Waals surface area (Å²) in [5.74, 6) is -3.09. The lowest BCUT2D eigenvalue weighted by Gasteiger charge is -2.42. The number of carbonyl (C=O) groups is 4. The van der Waals surface area contributed by atoms with E-state index >= 15 is 0 Å². The zero-order valence-corrected chi connectivity index (χ0v) is 18.0. The quantitative estimate of drug-likeness (QED) is 0.711. The molecule has 0 unspecified atom stereocenters. The molecular weight excluding hydrogens is 403 g/mol. The van der Waals surface area contributed by atoms with Gasteiger partial charge >= 0.3 is 0 Å². The molecule has 9 heteroatoms. The minimum Gasteiger partial charge on any atom is -0.379 e. The van der Waals surface area contributed by atoms with Crippen molar-refractivity contribution >= 4 is 29.3 Å². The predicted molar refractivity (Wildman–Crippen MR) is 111 cm³/mol. The number of fused-ring (bicyclic) bond motifs is 1. The first-order valence-corrected chi connectivity index (χ1v) is 10.6. The molecule has 4 amide bonds. The van der Waals surface area contributed by atoms with Gasteiger partial charge in [-0.05, 0) is 58.7 Å². The molecule has 2 fully saturated rings. The van der Waals surface area contributed by atoms with E-state index in [0.29, 0.717) is 0 Å². The number of benzene rings is 1. The second-order valence-electron chi connectivity index (χ2n) is 9.43. The van der Waals surface area contributed by atoms with Crippen LogP contribution < -0.4 is 10.6 Å². The first kappa shape index (κ1) is 21.4. The lowest BCUT2D eigenvalue weighted by atomic mass is 9.97. The van der Waals surface area contributed by atoms with Crippen molar-refractivity contribution in [3.05, 3.63) is 29.1 Å². The fourth-order valence-corrected chi connectivity index (χ4v) is 4.53. The Bertz CT molecular complexity index is 971. The van der Waals surface area contributed by atoms with Gasteiger partial charge in [0.1, 0.15) is 11.9 Å². The van der Waals surface area contributed by atoms with Crippen molar-refractivity contribution < 1.29 is 23.6 Å². The highest BCUT2D eigenvalue weighted by molar-refractivity contribution is 6.23. The molecule has 166 valence electrons. The Morgan fingerprint density at radius 2 is 1.74 bits per heavy atom. The van der Waals surface area contributed by atoms with Crippen LogP contribution in [0, 0.1) is 5.82 Å². The molecule has 1 aromatic rings. The number of amides is 4. The number of piperidine rings is 2. The Morgan fingerprint density at radius 3 is 2.39 bits per heavy atom. The van der Waals surface area contributed by atoms with Crippen molar-refractivity contribution in [2.24, 2.45) is 0 Å². The molecule has 0 spiro atoms. The van der Waals surface area contributed by atoms with Gasteiger partial charge in [0, 0.05) is 24.5 Å². The summed E-state index contributed by atoms with van der Waals surface area (Å²) in [6, 6.07) is 1.38. The number of imide groups is 2. The van der Waals surface area contributed by atoms with E-state index in [2.05, 4.69) is 36.3 Å². The summed E-state index contributed by atoms with van der Waals surface area (Å²) < 4.78 is 14.8. The number of likely N-dealkylation sites (tertiary alicyclic amines) is 1. The van der Waals surface area contributed by atoms with Crippen molar-refractivity contribution in [3.63, 3.8) is 0 Å².